The Balaban J connectivity index is 2.22. The Hall–Kier alpha value is -2.25. The molecule has 84 valence electrons. The molecule has 0 N–H and O–H groups in total. The summed E-state index contributed by atoms with van der Waals surface area (Å²) < 4.78 is 11.1. The van der Waals surface area contributed by atoms with Gasteiger partial charge in [0.05, 0.1) is 12.8 Å². The number of aromatic nitrogens is 5. The van der Waals surface area contributed by atoms with Crippen molar-refractivity contribution >= 4 is 5.97 Å². The van der Waals surface area contributed by atoms with Gasteiger partial charge < -0.3 is 9.26 Å². The van der Waals surface area contributed by atoms with Crippen LogP contribution in [0.3, 0.4) is 0 Å². The molecule has 0 aromatic carbocycles. The third-order valence-corrected chi connectivity index (χ3v) is 1.71. The van der Waals surface area contributed by atoms with Crippen LogP contribution in [0.4, 0.5) is 0 Å². The van der Waals surface area contributed by atoms with Crippen molar-refractivity contribution in [1.82, 2.24) is 25.1 Å². The molecule has 0 bridgehead atoms. The second kappa shape index (κ2) is 4.09. The summed E-state index contributed by atoms with van der Waals surface area (Å²) in [4.78, 5) is 15.1. The van der Waals surface area contributed by atoms with E-state index in [0.29, 0.717) is 5.69 Å². The van der Waals surface area contributed by atoms with Crippen LogP contribution in [0.25, 0.3) is 11.6 Å². The van der Waals surface area contributed by atoms with Crippen molar-refractivity contribution < 1.29 is 14.1 Å². The summed E-state index contributed by atoms with van der Waals surface area (Å²) >= 11 is 0. The number of hydrogen-bond donors (Lipinski definition) is 0. The lowest BCUT2D eigenvalue weighted by Gasteiger charge is -1.93. The second-order valence-corrected chi connectivity index (χ2v) is 2.92. The highest BCUT2D eigenvalue weighted by Crippen LogP contribution is 2.12. The van der Waals surface area contributed by atoms with E-state index in [1.165, 1.54) is 4.68 Å². The molecule has 2 rings (SSSR count). The predicted molar refractivity (Wildman–Crippen MR) is 50.3 cm³/mol. The maximum Gasteiger partial charge on any atom is 0.379 e. The molecule has 0 aliphatic rings. The van der Waals surface area contributed by atoms with Crippen LogP contribution in [-0.4, -0.2) is 37.7 Å². The molecular weight excluding hydrogens is 214 g/mol. The fraction of sp³-hybridized carbons (Fsp3) is 0.375. The SMILES string of the molecule is CCOC(=O)c1noc(-c2cn(C)nn2)n1. The lowest BCUT2D eigenvalue weighted by Crippen LogP contribution is -2.06. The third-order valence-electron chi connectivity index (χ3n) is 1.71. The van der Waals surface area contributed by atoms with Gasteiger partial charge in [0.25, 0.3) is 11.7 Å². The maximum atomic E-state index is 11.2. The molecule has 0 atom stereocenters. The van der Waals surface area contributed by atoms with Crippen LogP contribution in [0.15, 0.2) is 10.7 Å². The molecule has 0 aliphatic carbocycles. The van der Waals surface area contributed by atoms with Crippen LogP contribution < -0.4 is 0 Å². The van der Waals surface area contributed by atoms with Gasteiger partial charge in [-0.3, -0.25) is 4.68 Å². The summed E-state index contributed by atoms with van der Waals surface area (Å²) in [5.41, 5.74) is 0.408. The Morgan fingerprint density at radius 3 is 3.06 bits per heavy atom. The molecule has 2 aromatic heterocycles. The van der Waals surface area contributed by atoms with Crippen LogP contribution in [-0.2, 0) is 11.8 Å². The maximum absolute atomic E-state index is 11.2. The van der Waals surface area contributed by atoms with E-state index in [-0.39, 0.29) is 18.3 Å². The van der Waals surface area contributed by atoms with E-state index in [0.717, 1.165) is 0 Å². The van der Waals surface area contributed by atoms with Gasteiger partial charge in [0.2, 0.25) is 0 Å². The minimum Gasteiger partial charge on any atom is -0.460 e. The van der Waals surface area contributed by atoms with Gasteiger partial charge in [-0.1, -0.05) is 5.21 Å². The third kappa shape index (κ3) is 1.90. The zero-order valence-corrected chi connectivity index (χ0v) is 8.75. The number of hydrogen-bond acceptors (Lipinski definition) is 7. The average Bonchev–Trinajstić information content (AvgIpc) is 2.85. The topological polar surface area (TPSA) is 95.9 Å². The number of carbonyl (C=O) groups is 1. The first kappa shape index (κ1) is 10.3. The lowest BCUT2D eigenvalue weighted by molar-refractivity contribution is 0.0508. The van der Waals surface area contributed by atoms with Crippen molar-refractivity contribution in [2.45, 2.75) is 6.92 Å². The van der Waals surface area contributed by atoms with Crippen molar-refractivity contribution in [1.29, 1.82) is 0 Å². The molecule has 0 saturated heterocycles. The zero-order valence-electron chi connectivity index (χ0n) is 8.75. The second-order valence-electron chi connectivity index (χ2n) is 2.92. The molecule has 2 heterocycles. The van der Waals surface area contributed by atoms with Gasteiger partial charge in [-0.15, -0.1) is 5.10 Å². The molecule has 2 aromatic rings. The molecule has 8 nitrogen and oxygen atoms in total. The minimum absolute atomic E-state index is 0.123. The summed E-state index contributed by atoms with van der Waals surface area (Å²) in [6.45, 7) is 1.95. The smallest absolute Gasteiger partial charge is 0.379 e. The Bertz CT molecular complexity index is 503. The molecule has 0 amide bonds. The standard InChI is InChI=1S/C8H9N5O3/c1-3-15-8(14)6-9-7(16-11-6)5-4-13(2)12-10-5/h4H,3H2,1-2H3. The fourth-order valence-corrected chi connectivity index (χ4v) is 1.05. The van der Waals surface area contributed by atoms with E-state index < -0.39 is 5.97 Å². The van der Waals surface area contributed by atoms with Crippen molar-refractivity contribution in [3.05, 3.63) is 12.0 Å². The van der Waals surface area contributed by atoms with E-state index in [4.69, 9.17) is 9.26 Å². The highest BCUT2D eigenvalue weighted by atomic mass is 16.5. The summed E-state index contributed by atoms with van der Waals surface area (Å²) in [5.74, 6) is -0.611. The summed E-state index contributed by atoms with van der Waals surface area (Å²) in [6.07, 6.45) is 1.60. The first-order valence-electron chi connectivity index (χ1n) is 4.58. The van der Waals surface area contributed by atoms with E-state index >= 15 is 0 Å². The van der Waals surface area contributed by atoms with E-state index in [1.807, 2.05) is 0 Å². The number of nitrogens with zero attached hydrogens (tertiary/aromatic N) is 5. The molecule has 0 spiro atoms. The Labute approximate surface area is 90.2 Å². The first-order valence-corrected chi connectivity index (χ1v) is 4.58. The van der Waals surface area contributed by atoms with E-state index in [9.17, 15) is 4.79 Å². The molecule has 0 aliphatic heterocycles. The molecule has 0 radical (unpaired) electrons. The van der Waals surface area contributed by atoms with Gasteiger partial charge in [-0.2, -0.15) is 4.98 Å². The summed E-state index contributed by atoms with van der Waals surface area (Å²) in [5, 5.41) is 11.0. The van der Waals surface area contributed by atoms with Crippen LogP contribution >= 0.6 is 0 Å². The van der Waals surface area contributed by atoms with Gasteiger partial charge in [-0.25, -0.2) is 4.79 Å². The normalized spacial score (nSPS) is 10.4. The zero-order chi connectivity index (χ0) is 11.5. The lowest BCUT2D eigenvalue weighted by atomic mass is 10.5. The monoisotopic (exact) mass is 223 g/mol. The summed E-state index contributed by atoms with van der Waals surface area (Å²) in [6, 6.07) is 0. The van der Waals surface area contributed by atoms with Crippen LogP contribution in [0.2, 0.25) is 0 Å². The highest BCUT2D eigenvalue weighted by molar-refractivity contribution is 5.85. The number of carbonyl (C=O) groups excluding carboxylic acids is 1. The molecule has 8 heteroatoms. The Morgan fingerprint density at radius 1 is 1.62 bits per heavy atom. The Morgan fingerprint density at radius 2 is 2.44 bits per heavy atom. The fourth-order valence-electron chi connectivity index (χ4n) is 1.05. The highest BCUT2D eigenvalue weighted by Gasteiger charge is 2.18. The average molecular weight is 223 g/mol. The molecule has 0 fully saturated rings. The van der Waals surface area contributed by atoms with Crippen molar-refractivity contribution in [2.75, 3.05) is 6.61 Å². The number of esters is 1. The van der Waals surface area contributed by atoms with E-state index in [1.54, 1.807) is 20.2 Å². The minimum atomic E-state index is -0.624. The number of rotatable bonds is 3. The predicted octanol–water partition coefficient (Wildman–Crippen LogP) is 0.0418. The van der Waals surface area contributed by atoms with Gasteiger partial charge in [-0.05, 0) is 12.1 Å². The molecule has 0 saturated carbocycles. The molecular formula is C8H9N5O3. The van der Waals surface area contributed by atoms with Gasteiger partial charge in [0.15, 0.2) is 5.69 Å². The van der Waals surface area contributed by atoms with Gasteiger partial charge >= 0.3 is 5.97 Å². The first-order chi connectivity index (χ1) is 7.70. The number of aryl methyl sites for hydroxylation is 1. The van der Waals surface area contributed by atoms with Crippen LogP contribution in [0, 0.1) is 0 Å². The van der Waals surface area contributed by atoms with Gasteiger partial charge in [0.1, 0.15) is 0 Å². The number of ether oxygens (including phenoxy) is 1. The van der Waals surface area contributed by atoms with E-state index in [2.05, 4.69) is 20.5 Å². The molecule has 16 heavy (non-hydrogen) atoms. The van der Waals surface area contributed by atoms with Crippen LogP contribution in [0.1, 0.15) is 17.5 Å². The van der Waals surface area contributed by atoms with Crippen molar-refractivity contribution in [3.8, 4) is 11.6 Å². The quantitative estimate of drug-likeness (QED) is 0.678. The van der Waals surface area contributed by atoms with Crippen molar-refractivity contribution in [3.63, 3.8) is 0 Å². The van der Waals surface area contributed by atoms with Crippen molar-refractivity contribution in [2.24, 2.45) is 7.05 Å². The van der Waals surface area contributed by atoms with Gasteiger partial charge in [0, 0.05) is 7.05 Å². The summed E-state index contributed by atoms with van der Waals surface area (Å²) in [7, 11) is 1.71. The largest absolute Gasteiger partial charge is 0.460 e. The Kier molecular flexibility index (Phi) is 2.63. The molecule has 0 unspecified atom stereocenters. The van der Waals surface area contributed by atoms with Crippen LogP contribution in [0.5, 0.6) is 0 Å².